The minimum atomic E-state index is -0.163. The van der Waals surface area contributed by atoms with Gasteiger partial charge in [-0.05, 0) is 62.4 Å². The van der Waals surface area contributed by atoms with E-state index < -0.39 is 0 Å². The molecule has 7 heteroatoms. The summed E-state index contributed by atoms with van der Waals surface area (Å²) in [5, 5.41) is 2.06. The molecule has 178 valence electrons. The van der Waals surface area contributed by atoms with Gasteiger partial charge in [0.05, 0.1) is 12.7 Å². The number of carbonyl (C=O) groups excluding carboxylic acids is 1. The van der Waals surface area contributed by atoms with Gasteiger partial charge in [0.15, 0.2) is 5.76 Å². The number of methoxy groups -OCH3 is 1. The van der Waals surface area contributed by atoms with Crippen LogP contribution in [0.25, 0.3) is 17.0 Å². The average Bonchev–Trinajstić information content (AvgIpc) is 3.37. The van der Waals surface area contributed by atoms with Crippen molar-refractivity contribution in [3.05, 3.63) is 92.8 Å². The first-order valence-electron chi connectivity index (χ1n) is 11.2. The van der Waals surface area contributed by atoms with E-state index in [2.05, 4.69) is 11.5 Å². The van der Waals surface area contributed by atoms with E-state index in [9.17, 15) is 4.79 Å². The molecule has 1 aliphatic rings. The van der Waals surface area contributed by atoms with Gasteiger partial charge in [-0.3, -0.25) is 4.79 Å². The fourth-order valence-corrected chi connectivity index (χ4v) is 4.80. The second-order valence-corrected chi connectivity index (χ2v) is 9.06. The van der Waals surface area contributed by atoms with Gasteiger partial charge in [-0.15, -0.1) is 0 Å². The minimum absolute atomic E-state index is 0.163. The van der Waals surface area contributed by atoms with Gasteiger partial charge in [0.2, 0.25) is 5.78 Å². The highest BCUT2D eigenvalue weighted by Gasteiger charge is 2.30. The second kappa shape index (κ2) is 9.33. The predicted molar refractivity (Wildman–Crippen MR) is 139 cm³/mol. The largest absolute Gasteiger partial charge is 0.497 e. The van der Waals surface area contributed by atoms with Crippen molar-refractivity contribution in [1.82, 2.24) is 4.57 Å². The number of nitrogens with zero attached hydrogens (tertiary/aromatic N) is 1. The molecule has 5 rings (SSSR count). The first kappa shape index (κ1) is 23.3. The second-order valence-electron chi connectivity index (χ2n) is 8.25. The SMILES string of the molecule is CCn1cc(/C=C2\Oc3c(ccc(OCc4c(Cl)cccc4Cl)c3C)C2=O)c2cc(OC)ccc21. The third-order valence-corrected chi connectivity index (χ3v) is 6.92. The number of hydrogen-bond donors (Lipinski definition) is 0. The average molecular weight is 508 g/mol. The van der Waals surface area contributed by atoms with Crippen LogP contribution in [0.1, 0.15) is 34.0 Å². The molecule has 1 aliphatic heterocycles. The van der Waals surface area contributed by atoms with Crippen LogP contribution < -0.4 is 14.2 Å². The Balaban J connectivity index is 1.46. The van der Waals surface area contributed by atoms with Crippen LogP contribution in [-0.4, -0.2) is 17.5 Å². The van der Waals surface area contributed by atoms with Crippen molar-refractivity contribution >= 4 is 46.0 Å². The molecule has 0 atom stereocenters. The molecule has 0 spiro atoms. The Morgan fingerprint density at radius 3 is 2.57 bits per heavy atom. The summed E-state index contributed by atoms with van der Waals surface area (Å²) in [5.41, 5.74) is 3.90. The van der Waals surface area contributed by atoms with E-state index in [-0.39, 0.29) is 18.1 Å². The molecular weight excluding hydrogens is 485 g/mol. The Hall–Kier alpha value is -3.41. The van der Waals surface area contributed by atoms with Crippen LogP contribution in [0.5, 0.6) is 17.2 Å². The molecule has 0 radical (unpaired) electrons. The number of allylic oxidation sites excluding steroid dienone is 1. The van der Waals surface area contributed by atoms with Crippen LogP contribution in [0.15, 0.2) is 60.5 Å². The lowest BCUT2D eigenvalue weighted by Crippen LogP contribution is -2.00. The summed E-state index contributed by atoms with van der Waals surface area (Å²) in [4.78, 5) is 13.2. The number of hydrogen-bond acceptors (Lipinski definition) is 4. The van der Waals surface area contributed by atoms with Crippen LogP contribution in [0, 0.1) is 6.92 Å². The zero-order valence-corrected chi connectivity index (χ0v) is 21.0. The summed E-state index contributed by atoms with van der Waals surface area (Å²) in [7, 11) is 1.64. The molecule has 0 fully saturated rings. The summed E-state index contributed by atoms with van der Waals surface area (Å²) >= 11 is 12.5. The maximum Gasteiger partial charge on any atom is 0.231 e. The number of benzene rings is 3. The lowest BCUT2D eigenvalue weighted by molar-refractivity contribution is 0.101. The quantitative estimate of drug-likeness (QED) is 0.254. The maximum absolute atomic E-state index is 13.2. The molecule has 0 N–H and O–H groups in total. The number of rotatable bonds is 6. The summed E-state index contributed by atoms with van der Waals surface area (Å²) in [5.74, 6) is 1.96. The fourth-order valence-electron chi connectivity index (χ4n) is 4.29. The molecule has 0 amide bonds. The zero-order chi connectivity index (χ0) is 24.7. The van der Waals surface area contributed by atoms with Gasteiger partial charge in [0.1, 0.15) is 23.9 Å². The monoisotopic (exact) mass is 507 g/mol. The smallest absolute Gasteiger partial charge is 0.231 e. The van der Waals surface area contributed by atoms with E-state index in [0.717, 1.165) is 34.3 Å². The van der Waals surface area contributed by atoms with Crippen molar-refractivity contribution in [3.8, 4) is 17.2 Å². The van der Waals surface area contributed by atoms with Gasteiger partial charge >= 0.3 is 0 Å². The van der Waals surface area contributed by atoms with E-state index in [1.165, 1.54) is 0 Å². The van der Waals surface area contributed by atoms with Crippen molar-refractivity contribution in [1.29, 1.82) is 0 Å². The molecule has 0 saturated heterocycles. The van der Waals surface area contributed by atoms with Gasteiger partial charge in [0, 0.05) is 50.4 Å². The maximum atomic E-state index is 13.2. The van der Waals surface area contributed by atoms with Crippen LogP contribution in [0.3, 0.4) is 0 Å². The molecule has 0 unspecified atom stereocenters. The number of Topliss-reactive ketones (excluding diaryl/α,β-unsaturated/α-hetero) is 1. The van der Waals surface area contributed by atoms with Gasteiger partial charge in [-0.2, -0.15) is 0 Å². The van der Waals surface area contributed by atoms with Gasteiger partial charge in [-0.25, -0.2) is 0 Å². The standard InChI is InChI=1S/C28H23Cl2NO4/c1-4-31-14-17(20-13-18(33-3)8-10-24(20)31)12-26-27(32)19-9-11-25(16(2)28(19)35-26)34-15-21-22(29)6-5-7-23(21)30/h5-14H,4,15H2,1-3H3/b26-12-. The molecule has 0 bridgehead atoms. The van der Waals surface area contributed by atoms with Crippen molar-refractivity contribution in [2.75, 3.05) is 7.11 Å². The molecule has 1 aromatic heterocycles. The lowest BCUT2D eigenvalue weighted by atomic mass is 10.1. The molecule has 4 aromatic rings. The molecular formula is C28H23Cl2NO4. The Kier molecular flexibility index (Phi) is 6.22. The molecule has 5 nitrogen and oxygen atoms in total. The Labute approximate surface area is 213 Å². The van der Waals surface area contributed by atoms with Gasteiger partial charge in [0.25, 0.3) is 0 Å². The van der Waals surface area contributed by atoms with Crippen molar-refractivity contribution in [2.45, 2.75) is 27.0 Å². The summed E-state index contributed by atoms with van der Waals surface area (Å²) < 4.78 is 19.6. The lowest BCUT2D eigenvalue weighted by Gasteiger charge is -2.13. The minimum Gasteiger partial charge on any atom is -0.497 e. The fraction of sp³-hybridized carbons (Fsp3) is 0.179. The normalized spacial score (nSPS) is 13.9. The third kappa shape index (κ3) is 4.15. The number of halogens is 2. The Morgan fingerprint density at radius 1 is 1.09 bits per heavy atom. The molecule has 0 aliphatic carbocycles. The number of ether oxygens (including phenoxy) is 3. The van der Waals surface area contributed by atoms with Crippen LogP contribution >= 0.6 is 23.2 Å². The van der Waals surface area contributed by atoms with E-state index in [1.54, 1.807) is 43.5 Å². The highest BCUT2D eigenvalue weighted by Crippen LogP contribution is 2.40. The summed E-state index contributed by atoms with van der Waals surface area (Å²) in [6.07, 6.45) is 3.81. The number of fused-ring (bicyclic) bond motifs is 2. The molecule has 0 saturated carbocycles. The van der Waals surface area contributed by atoms with Crippen LogP contribution in [0.4, 0.5) is 0 Å². The van der Waals surface area contributed by atoms with Gasteiger partial charge in [-0.1, -0.05) is 29.3 Å². The zero-order valence-electron chi connectivity index (χ0n) is 19.5. The Bertz CT molecular complexity index is 1480. The van der Waals surface area contributed by atoms with E-state index in [4.69, 9.17) is 37.4 Å². The predicted octanol–water partition coefficient (Wildman–Crippen LogP) is 7.48. The highest BCUT2D eigenvalue weighted by molar-refractivity contribution is 6.35. The number of aromatic nitrogens is 1. The van der Waals surface area contributed by atoms with E-state index in [0.29, 0.717) is 32.7 Å². The van der Waals surface area contributed by atoms with Crippen LogP contribution in [0.2, 0.25) is 10.0 Å². The molecule has 35 heavy (non-hydrogen) atoms. The van der Waals surface area contributed by atoms with Crippen molar-refractivity contribution in [2.24, 2.45) is 0 Å². The van der Waals surface area contributed by atoms with Crippen LogP contribution in [-0.2, 0) is 13.2 Å². The van der Waals surface area contributed by atoms with Crippen molar-refractivity contribution < 1.29 is 19.0 Å². The summed E-state index contributed by atoms with van der Waals surface area (Å²) in [6.45, 7) is 4.95. The molecule has 3 aromatic carbocycles. The number of carbonyl (C=O) groups is 1. The number of aryl methyl sites for hydroxylation is 1. The topological polar surface area (TPSA) is 49.7 Å². The van der Waals surface area contributed by atoms with Crippen molar-refractivity contribution in [3.63, 3.8) is 0 Å². The Morgan fingerprint density at radius 2 is 1.86 bits per heavy atom. The summed E-state index contributed by atoms with van der Waals surface area (Å²) in [6, 6.07) is 14.7. The van der Waals surface area contributed by atoms with E-state index >= 15 is 0 Å². The van der Waals surface area contributed by atoms with E-state index in [1.807, 2.05) is 31.3 Å². The third-order valence-electron chi connectivity index (χ3n) is 6.22. The molecule has 2 heterocycles. The first-order valence-corrected chi connectivity index (χ1v) is 12.0. The number of ketones is 1. The highest BCUT2D eigenvalue weighted by atomic mass is 35.5. The first-order chi connectivity index (χ1) is 16.9. The van der Waals surface area contributed by atoms with Gasteiger partial charge < -0.3 is 18.8 Å².